The highest BCUT2D eigenvalue weighted by Gasteiger charge is 2.21. The van der Waals surface area contributed by atoms with E-state index in [1.165, 1.54) is 58.0 Å². The summed E-state index contributed by atoms with van der Waals surface area (Å²) in [4.78, 5) is 2.58. The van der Waals surface area contributed by atoms with Gasteiger partial charge in [-0.3, -0.25) is 0 Å². The monoisotopic (exact) mass is 181 g/mol. The maximum Gasteiger partial charge on any atom is 0.000672 e. The molecular weight excluding hydrogens is 158 g/mol. The minimum absolute atomic E-state index is 1.02. The second-order valence-corrected chi connectivity index (χ2v) is 5.17. The molecule has 0 N–H and O–H groups in total. The highest BCUT2D eigenvalue weighted by molar-refractivity contribution is 4.75. The lowest BCUT2D eigenvalue weighted by Gasteiger charge is -2.29. The van der Waals surface area contributed by atoms with Crippen LogP contribution in [-0.2, 0) is 0 Å². The van der Waals surface area contributed by atoms with Crippen molar-refractivity contribution in [3.63, 3.8) is 0 Å². The van der Waals surface area contributed by atoms with Crippen LogP contribution in [0.3, 0.4) is 0 Å². The van der Waals surface area contributed by atoms with Crippen LogP contribution in [0, 0.1) is 11.8 Å². The summed E-state index contributed by atoms with van der Waals surface area (Å²) in [5.41, 5.74) is 0. The summed E-state index contributed by atoms with van der Waals surface area (Å²) < 4.78 is 0. The molecule has 3 aliphatic rings. The Morgan fingerprint density at radius 3 is 1.77 bits per heavy atom. The summed E-state index contributed by atoms with van der Waals surface area (Å²) in [6, 6.07) is 0. The van der Waals surface area contributed by atoms with E-state index in [-0.39, 0.29) is 0 Å². The normalized spacial score (nSPS) is 37.6. The molecule has 2 bridgehead atoms. The van der Waals surface area contributed by atoms with Gasteiger partial charge in [0.05, 0.1) is 0 Å². The van der Waals surface area contributed by atoms with Crippen LogP contribution < -0.4 is 0 Å². The lowest BCUT2D eigenvalue weighted by Crippen LogP contribution is -2.32. The second-order valence-electron chi connectivity index (χ2n) is 5.17. The SMILES string of the molecule is CN1CC2CCCCC(CCC2)C1. The van der Waals surface area contributed by atoms with Crippen LogP contribution in [0.25, 0.3) is 0 Å². The van der Waals surface area contributed by atoms with Gasteiger partial charge in [0.2, 0.25) is 0 Å². The first-order valence-corrected chi connectivity index (χ1v) is 6.03. The first kappa shape index (κ1) is 9.51. The first-order valence-electron chi connectivity index (χ1n) is 6.03. The molecule has 0 radical (unpaired) electrons. The Labute approximate surface area is 82.5 Å². The minimum atomic E-state index is 1.02. The van der Waals surface area contributed by atoms with E-state index in [0.29, 0.717) is 0 Å². The van der Waals surface area contributed by atoms with Crippen LogP contribution in [0.2, 0.25) is 0 Å². The zero-order valence-electron chi connectivity index (χ0n) is 8.97. The van der Waals surface area contributed by atoms with Gasteiger partial charge in [0, 0.05) is 13.1 Å². The van der Waals surface area contributed by atoms with Gasteiger partial charge < -0.3 is 4.90 Å². The maximum absolute atomic E-state index is 2.58. The number of fused-ring (bicyclic) bond motifs is 7. The van der Waals surface area contributed by atoms with E-state index in [1.807, 2.05) is 0 Å². The van der Waals surface area contributed by atoms with Gasteiger partial charge in [-0.1, -0.05) is 19.3 Å². The molecule has 1 heteroatoms. The van der Waals surface area contributed by atoms with E-state index >= 15 is 0 Å². The molecule has 2 saturated heterocycles. The lowest BCUT2D eigenvalue weighted by atomic mass is 9.92. The quantitative estimate of drug-likeness (QED) is 0.555. The van der Waals surface area contributed by atoms with Gasteiger partial charge in [-0.15, -0.1) is 0 Å². The maximum atomic E-state index is 2.58. The summed E-state index contributed by atoms with van der Waals surface area (Å²) >= 11 is 0. The highest BCUT2D eigenvalue weighted by Crippen LogP contribution is 2.29. The molecule has 2 atom stereocenters. The predicted octanol–water partition coefficient (Wildman–Crippen LogP) is 2.91. The Morgan fingerprint density at radius 1 is 0.769 bits per heavy atom. The molecule has 76 valence electrons. The third kappa shape index (κ3) is 2.70. The Kier molecular flexibility index (Phi) is 3.26. The second kappa shape index (κ2) is 4.45. The molecule has 2 heterocycles. The molecule has 0 aromatic rings. The van der Waals surface area contributed by atoms with Crippen LogP contribution in [0.15, 0.2) is 0 Å². The van der Waals surface area contributed by atoms with E-state index in [9.17, 15) is 0 Å². The molecule has 13 heavy (non-hydrogen) atoms. The molecule has 3 fully saturated rings. The van der Waals surface area contributed by atoms with Crippen molar-refractivity contribution in [2.24, 2.45) is 11.8 Å². The molecule has 1 saturated carbocycles. The highest BCUT2D eigenvalue weighted by atomic mass is 15.1. The van der Waals surface area contributed by atoms with Crippen LogP contribution in [-0.4, -0.2) is 25.0 Å². The number of hydrogen-bond donors (Lipinski definition) is 0. The van der Waals surface area contributed by atoms with Gasteiger partial charge in [0.1, 0.15) is 0 Å². The van der Waals surface area contributed by atoms with E-state index in [4.69, 9.17) is 0 Å². The average Bonchev–Trinajstić information content (AvgIpc) is 2.20. The zero-order valence-corrected chi connectivity index (χ0v) is 8.97. The standard InChI is InChI=1S/C12H23N/c1-13-9-11-5-2-3-6-12(10-13)8-4-7-11/h11-12H,2-10H2,1H3. The van der Waals surface area contributed by atoms with Crippen molar-refractivity contribution in [1.82, 2.24) is 4.90 Å². The van der Waals surface area contributed by atoms with Crippen LogP contribution in [0.1, 0.15) is 44.9 Å². The predicted molar refractivity (Wildman–Crippen MR) is 56.8 cm³/mol. The van der Waals surface area contributed by atoms with E-state index in [0.717, 1.165) is 11.8 Å². The van der Waals surface area contributed by atoms with Gasteiger partial charge in [-0.2, -0.15) is 0 Å². The molecule has 2 unspecified atom stereocenters. The summed E-state index contributed by atoms with van der Waals surface area (Å²) in [6.07, 6.45) is 10.5. The number of hydrogen-bond acceptors (Lipinski definition) is 1. The van der Waals surface area contributed by atoms with Crippen LogP contribution >= 0.6 is 0 Å². The van der Waals surface area contributed by atoms with E-state index < -0.39 is 0 Å². The number of rotatable bonds is 0. The van der Waals surface area contributed by atoms with Gasteiger partial charge in [-0.05, 0) is 44.6 Å². The minimum Gasteiger partial charge on any atom is -0.306 e. The molecule has 3 rings (SSSR count). The van der Waals surface area contributed by atoms with Crippen molar-refractivity contribution in [2.45, 2.75) is 44.9 Å². The fraction of sp³-hybridized carbons (Fsp3) is 1.00. The largest absolute Gasteiger partial charge is 0.306 e. The van der Waals surface area contributed by atoms with Crippen molar-refractivity contribution < 1.29 is 0 Å². The van der Waals surface area contributed by atoms with Crippen LogP contribution in [0.5, 0.6) is 0 Å². The zero-order chi connectivity index (χ0) is 9.10. The molecule has 1 nitrogen and oxygen atoms in total. The third-order valence-corrected chi connectivity index (χ3v) is 3.84. The first-order chi connectivity index (χ1) is 6.34. The van der Waals surface area contributed by atoms with Crippen molar-refractivity contribution in [1.29, 1.82) is 0 Å². The van der Waals surface area contributed by atoms with Crippen molar-refractivity contribution in [3.8, 4) is 0 Å². The summed E-state index contributed by atoms with van der Waals surface area (Å²) in [6.45, 7) is 2.74. The molecule has 0 spiro atoms. The van der Waals surface area contributed by atoms with Crippen LogP contribution in [0.4, 0.5) is 0 Å². The van der Waals surface area contributed by atoms with Gasteiger partial charge >= 0.3 is 0 Å². The fourth-order valence-electron chi connectivity index (χ4n) is 3.17. The van der Waals surface area contributed by atoms with Crippen molar-refractivity contribution in [3.05, 3.63) is 0 Å². The Bertz CT molecular complexity index is 135. The van der Waals surface area contributed by atoms with Crippen molar-refractivity contribution in [2.75, 3.05) is 20.1 Å². The van der Waals surface area contributed by atoms with Gasteiger partial charge in [-0.25, -0.2) is 0 Å². The summed E-state index contributed by atoms with van der Waals surface area (Å²) in [5, 5.41) is 0. The van der Waals surface area contributed by atoms with Gasteiger partial charge in [0.25, 0.3) is 0 Å². The number of nitrogens with zero attached hydrogens (tertiary/aromatic N) is 1. The average molecular weight is 181 g/mol. The smallest absolute Gasteiger partial charge is 0.000672 e. The van der Waals surface area contributed by atoms with Crippen molar-refractivity contribution >= 4 is 0 Å². The third-order valence-electron chi connectivity index (χ3n) is 3.84. The molecular formula is C12H23N. The Hall–Kier alpha value is -0.0400. The molecule has 1 aliphatic carbocycles. The molecule has 2 aliphatic heterocycles. The molecule has 0 amide bonds. The summed E-state index contributed by atoms with van der Waals surface area (Å²) in [5.74, 6) is 2.04. The molecule has 0 aromatic heterocycles. The lowest BCUT2D eigenvalue weighted by molar-refractivity contribution is 0.198. The van der Waals surface area contributed by atoms with E-state index in [2.05, 4.69) is 11.9 Å². The Balaban J connectivity index is 2.02. The molecule has 0 aromatic carbocycles. The Morgan fingerprint density at radius 2 is 1.23 bits per heavy atom. The topological polar surface area (TPSA) is 3.24 Å². The van der Waals surface area contributed by atoms with E-state index in [1.54, 1.807) is 0 Å². The fourth-order valence-corrected chi connectivity index (χ4v) is 3.17. The summed E-state index contributed by atoms with van der Waals surface area (Å²) in [7, 11) is 2.32. The van der Waals surface area contributed by atoms with Gasteiger partial charge in [0.15, 0.2) is 0 Å².